The maximum atomic E-state index is 12.9. The second kappa shape index (κ2) is 43.3. The van der Waals surface area contributed by atoms with Crippen molar-refractivity contribution in [1.29, 1.82) is 0 Å². The van der Waals surface area contributed by atoms with Crippen LogP contribution in [0.5, 0.6) is 0 Å². The van der Waals surface area contributed by atoms with Crippen LogP contribution in [-0.2, 0) is 24.4 Å². The van der Waals surface area contributed by atoms with Gasteiger partial charge in [-0.15, -0.1) is 0 Å². The third-order valence-electron chi connectivity index (χ3n) is 10.9. The second-order valence-electron chi connectivity index (χ2n) is 16.0. The van der Waals surface area contributed by atoms with E-state index in [4.69, 9.17) is 14.8 Å². The first-order chi connectivity index (χ1) is 25.2. The zero-order valence-electron chi connectivity index (χ0n) is 34.9. The molecule has 0 saturated heterocycles. The molecule has 0 aliphatic carbocycles. The van der Waals surface area contributed by atoms with E-state index in [1.165, 1.54) is 193 Å². The Labute approximate surface area is 319 Å². The van der Waals surface area contributed by atoms with Crippen LogP contribution in [0.3, 0.4) is 0 Å². The van der Waals surface area contributed by atoms with Crippen LogP contribution in [0.15, 0.2) is 0 Å². The van der Waals surface area contributed by atoms with Gasteiger partial charge in [0.2, 0.25) is 0 Å². The molecule has 0 fully saturated rings. The van der Waals surface area contributed by atoms with E-state index in [1.807, 2.05) is 0 Å². The Morgan fingerprint density at radius 3 is 0.882 bits per heavy atom. The molecule has 0 aromatic carbocycles. The molecule has 0 heterocycles. The van der Waals surface area contributed by atoms with Gasteiger partial charge >= 0.3 is 11.9 Å². The first kappa shape index (κ1) is 49.9. The molecule has 0 rings (SSSR count). The van der Waals surface area contributed by atoms with Crippen LogP contribution in [0.2, 0.25) is 0 Å². The number of hydrogen-bond donors (Lipinski definition) is 0. The molecule has 0 bridgehead atoms. The number of hydrogen-bond acceptors (Lipinski definition) is 5. The Morgan fingerprint density at radius 2 is 0.588 bits per heavy atom. The monoisotopic (exact) mass is 723 g/mol. The summed E-state index contributed by atoms with van der Waals surface area (Å²) in [5.41, 5.74) is 0. The molecule has 0 N–H and O–H groups in total. The van der Waals surface area contributed by atoms with Crippen molar-refractivity contribution in [2.45, 2.75) is 278 Å². The minimum atomic E-state index is -0.455. The smallest absolute Gasteiger partial charge is 0.260 e. The standard InChI is InChI=1S/C46H90O5/c1-4-7-10-13-16-19-21-23-25-27-29-31-34-37-40-43-45(47)49-51-50-46(48)44(41-38-35-32-18-15-12-9-6-3)42-39-36-33-30-28-26-24-22-20-17-14-11-8-5-2/h44H,4-43H2,1-3H3. The SMILES string of the molecule is CCCCCCCCCCCCCCCCCC(=O)OOOC(=O)C(CCCCCCCCCC)CCCCCCCCCCCCCCCC. The van der Waals surface area contributed by atoms with Crippen LogP contribution in [-0.4, -0.2) is 11.9 Å². The van der Waals surface area contributed by atoms with Crippen LogP contribution in [0.4, 0.5) is 0 Å². The van der Waals surface area contributed by atoms with E-state index in [1.54, 1.807) is 0 Å². The molecule has 304 valence electrons. The highest BCUT2D eigenvalue weighted by Gasteiger charge is 2.21. The van der Waals surface area contributed by atoms with Gasteiger partial charge in [-0.05, 0) is 19.3 Å². The van der Waals surface area contributed by atoms with Gasteiger partial charge in [-0.25, -0.2) is 9.59 Å². The average molecular weight is 723 g/mol. The fourth-order valence-corrected chi connectivity index (χ4v) is 7.33. The summed E-state index contributed by atoms with van der Waals surface area (Å²) in [5.74, 6) is -1.02. The second-order valence-corrected chi connectivity index (χ2v) is 16.0. The van der Waals surface area contributed by atoms with Crippen LogP contribution in [0.1, 0.15) is 278 Å². The van der Waals surface area contributed by atoms with Crippen molar-refractivity contribution < 1.29 is 24.4 Å². The molecule has 5 heteroatoms. The van der Waals surface area contributed by atoms with Gasteiger partial charge in [0.1, 0.15) is 0 Å². The number of unbranched alkanes of at least 4 members (excludes halogenated alkanes) is 34. The molecule has 0 aliphatic heterocycles. The molecule has 5 nitrogen and oxygen atoms in total. The van der Waals surface area contributed by atoms with E-state index in [-0.39, 0.29) is 11.9 Å². The largest absolute Gasteiger partial charge is 0.349 e. The lowest BCUT2D eigenvalue weighted by atomic mass is 9.94. The van der Waals surface area contributed by atoms with Gasteiger partial charge in [-0.1, -0.05) is 252 Å². The summed E-state index contributed by atoms with van der Waals surface area (Å²) in [4.78, 5) is 34.9. The van der Waals surface area contributed by atoms with Gasteiger partial charge in [0, 0.05) is 11.5 Å². The molecule has 0 spiro atoms. The third kappa shape index (κ3) is 39.9. The molecule has 1 atom stereocenters. The number of carbonyl (C=O) groups excluding carboxylic acids is 2. The molecule has 0 radical (unpaired) electrons. The predicted octanol–water partition coefficient (Wildman–Crippen LogP) is 16.2. The zero-order valence-corrected chi connectivity index (χ0v) is 34.9. The Kier molecular flexibility index (Phi) is 42.4. The van der Waals surface area contributed by atoms with E-state index in [0.717, 1.165) is 57.8 Å². The number of carbonyl (C=O) groups is 2. The highest BCUT2D eigenvalue weighted by atomic mass is 17.5. The van der Waals surface area contributed by atoms with Gasteiger partial charge in [-0.3, -0.25) is 9.78 Å². The lowest BCUT2D eigenvalue weighted by Crippen LogP contribution is -2.19. The molecule has 0 aliphatic rings. The maximum Gasteiger partial charge on any atom is 0.349 e. The Hall–Kier alpha value is -1.10. The lowest BCUT2D eigenvalue weighted by molar-refractivity contribution is -0.460. The summed E-state index contributed by atoms with van der Waals surface area (Å²) in [7, 11) is 0. The first-order valence-corrected chi connectivity index (χ1v) is 23.2. The minimum absolute atomic E-state index is 0.184. The summed E-state index contributed by atoms with van der Waals surface area (Å²) in [5, 5.41) is 4.72. The summed E-state index contributed by atoms with van der Waals surface area (Å²) >= 11 is 0. The van der Waals surface area contributed by atoms with Crippen molar-refractivity contribution in [3.63, 3.8) is 0 Å². The molecule has 1 unspecified atom stereocenters. The van der Waals surface area contributed by atoms with Gasteiger partial charge in [0.05, 0.1) is 5.92 Å². The molecular formula is C46H90O5. The maximum absolute atomic E-state index is 12.9. The van der Waals surface area contributed by atoms with Gasteiger partial charge < -0.3 is 0 Å². The van der Waals surface area contributed by atoms with E-state index < -0.39 is 5.97 Å². The van der Waals surface area contributed by atoms with Crippen LogP contribution in [0.25, 0.3) is 0 Å². The highest BCUT2D eigenvalue weighted by Crippen LogP contribution is 2.22. The van der Waals surface area contributed by atoms with Crippen LogP contribution in [0, 0.1) is 5.92 Å². The van der Waals surface area contributed by atoms with E-state index >= 15 is 0 Å². The Bertz CT molecular complexity index is 695. The number of rotatable bonds is 43. The van der Waals surface area contributed by atoms with Crippen LogP contribution >= 0.6 is 0 Å². The van der Waals surface area contributed by atoms with Crippen molar-refractivity contribution in [1.82, 2.24) is 0 Å². The Morgan fingerprint density at radius 1 is 0.333 bits per heavy atom. The first-order valence-electron chi connectivity index (χ1n) is 23.2. The summed E-state index contributed by atoms with van der Waals surface area (Å²) in [6.07, 6.45) is 49.8. The normalized spacial score (nSPS) is 12.0. The van der Waals surface area contributed by atoms with Crippen molar-refractivity contribution in [3.05, 3.63) is 0 Å². The molecular weight excluding hydrogens is 633 g/mol. The van der Waals surface area contributed by atoms with Gasteiger partial charge in [-0.2, -0.15) is 0 Å². The molecule has 0 aromatic rings. The average Bonchev–Trinajstić information content (AvgIpc) is 3.13. The van der Waals surface area contributed by atoms with E-state index in [0.29, 0.717) is 6.42 Å². The Balaban J connectivity index is 4.03. The highest BCUT2D eigenvalue weighted by molar-refractivity contribution is 5.72. The summed E-state index contributed by atoms with van der Waals surface area (Å²) < 4.78 is 0. The van der Waals surface area contributed by atoms with Gasteiger partial charge in [0.25, 0.3) is 0 Å². The molecule has 0 amide bonds. The molecule has 0 saturated carbocycles. The predicted molar refractivity (Wildman–Crippen MR) is 218 cm³/mol. The topological polar surface area (TPSA) is 61.8 Å². The van der Waals surface area contributed by atoms with Crippen molar-refractivity contribution >= 4 is 11.9 Å². The summed E-state index contributed by atoms with van der Waals surface area (Å²) in [6.45, 7) is 6.81. The van der Waals surface area contributed by atoms with Crippen molar-refractivity contribution in [2.24, 2.45) is 5.92 Å². The minimum Gasteiger partial charge on any atom is -0.260 e. The van der Waals surface area contributed by atoms with Gasteiger partial charge in [0.15, 0.2) is 0 Å². The third-order valence-corrected chi connectivity index (χ3v) is 10.9. The van der Waals surface area contributed by atoms with Crippen molar-refractivity contribution in [2.75, 3.05) is 0 Å². The van der Waals surface area contributed by atoms with E-state index in [9.17, 15) is 9.59 Å². The fraction of sp³-hybridized carbons (Fsp3) is 0.957. The molecule has 0 aromatic heterocycles. The molecule has 51 heavy (non-hydrogen) atoms. The van der Waals surface area contributed by atoms with Crippen molar-refractivity contribution in [3.8, 4) is 0 Å². The fourth-order valence-electron chi connectivity index (χ4n) is 7.33. The quantitative estimate of drug-likeness (QED) is 0.0356. The van der Waals surface area contributed by atoms with Crippen LogP contribution < -0.4 is 0 Å². The zero-order chi connectivity index (χ0) is 37.1. The lowest BCUT2D eigenvalue weighted by Gasteiger charge is -2.14. The summed E-state index contributed by atoms with van der Waals surface area (Å²) in [6, 6.07) is 0. The van der Waals surface area contributed by atoms with E-state index in [2.05, 4.69) is 20.8 Å².